The van der Waals surface area contributed by atoms with Gasteiger partial charge < -0.3 is 10.4 Å². The van der Waals surface area contributed by atoms with Crippen LogP contribution in [-0.2, 0) is 21.0 Å². The number of aromatic nitrogens is 4. The first-order chi connectivity index (χ1) is 15.8. The summed E-state index contributed by atoms with van der Waals surface area (Å²) in [5, 5.41) is 25.1. The highest BCUT2D eigenvalue weighted by molar-refractivity contribution is 6.30. The number of aliphatic hydroxyl groups excluding tert-OH is 1. The van der Waals surface area contributed by atoms with Crippen molar-refractivity contribution >= 4 is 23.4 Å². The first kappa shape index (κ1) is 22.7. The van der Waals surface area contributed by atoms with Crippen LogP contribution in [0, 0.1) is 11.6 Å². The molecule has 1 saturated heterocycles. The van der Waals surface area contributed by atoms with Gasteiger partial charge in [0.2, 0.25) is 5.91 Å². The van der Waals surface area contributed by atoms with Gasteiger partial charge in [0.1, 0.15) is 24.0 Å². The van der Waals surface area contributed by atoms with Crippen molar-refractivity contribution in [3.05, 3.63) is 70.5 Å². The molecule has 2 aromatic carbocycles. The van der Waals surface area contributed by atoms with E-state index in [9.17, 15) is 23.5 Å². The molecule has 10 nitrogen and oxygen atoms in total. The average Bonchev–Trinajstić information content (AvgIpc) is 3.48. The number of carbonyl (C=O) groups is 2. The molecule has 2 amide bonds. The number of nitrogens with zero attached hydrogens (tertiary/aromatic N) is 5. The molecule has 172 valence electrons. The van der Waals surface area contributed by atoms with E-state index < -0.39 is 35.6 Å². The van der Waals surface area contributed by atoms with Gasteiger partial charge in [0.25, 0.3) is 5.91 Å². The third-order valence-corrected chi connectivity index (χ3v) is 5.18. The summed E-state index contributed by atoms with van der Waals surface area (Å²) in [4.78, 5) is 30.7. The van der Waals surface area contributed by atoms with E-state index in [1.807, 2.05) is 0 Å². The van der Waals surface area contributed by atoms with Gasteiger partial charge in [-0.15, -0.1) is 5.10 Å². The molecule has 0 bridgehead atoms. The van der Waals surface area contributed by atoms with Gasteiger partial charge in [0.05, 0.1) is 12.3 Å². The topological polar surface area (TPSA) is 122 Å². The van der Waals surface area contributed by atoms with Crippen LogP contribution in [0.5, 0.6) is 0 Å². The second kappa shape index (κ2) is 9.57. The van der Waals surface area contributed by atoms with Gasteiger partial charge in [-0.1, -0.05) is 11.6 Å². The quantitative estimate of drug-likeness (QED) is 0.550. The predicted molar refractivity (Wildman–Crippen MR) is 109 cm³/mol. The van der Waals surface area contributed by atoms with E-state index in [0.29, 0.717) is 22.3 Å². The van der Waals surface area contributed by atoms with Crippen molar-refractivity contribution in [1.82, 2.24) is 30.6 Å². The summed E-state index contributed by atoms with van der Waals surface area (Å²) in [5.74, 6) is -3.47. The molecule has 2 unspecified atom stereocenters. The minimum absolute atomic E-state index is 0.0325. The second-order valence-corrected chi connectivity index (χ2v) is 7.59. The fourth-order valence-corrected chi connectivity index (χ4v) is 3.61. The fraction of sp³-hybridized carbons (Fsp3) is 0.250. The molecule has 2 atom stereocenters. The predicted octanol–water partition coefficient (Wildman–Crippen LogP) is 1.48. The lowest BCUT2D eigenvalue weighted by molar-refractivity contribution is -0.187. The highest BCUT2D eigenvalue weighted by Gasteiger charge is 2.39. The molecule has 3 aromatic rings. The molecule has 1 aliphatic rings. The Morgan fingerprint density at radius 2 is 2.00 bits per heavy atom. The highest BCUT2D eigenvalue weighted by Crippen LogP contribution is 2.24. The molecular weight excluding hydrogens is 462 g/mol. The second-order valence-electron chi connectivity index (χ2n) is 7.15. The molecule has 0 aliphatic carbocycles. The van der Waals surface area contributed by atoms with E-state index in [2.05, 4.69) is 20.8 Å². The van der Waals surface area contributed by atoms with E-state index in [1.54, 1.807) is 18.2 Å². The Kier molecular flexibility index (Phi) is 6.58. The number of nitrogens with one attached hydrogen (secondary N) is 1. The third-order valence-electron chi connectivity index (χ3n) is 4.95. The smallest absolute Gasteiger partial charge is 0.280 e. The largest absolute Gasteiger partial charge is 0.378 e. The first-order valence-corrected chi connectivity index (χ1v) is 10.1. The number of rotatable bonds is 6. The van der Waals surface area contributed by atoms with Crippen LogP contribution in [0.3, 0.4) is 0 Å². The maximum Gasteiger partial charge on any atom is 0.280 e. The van der Waals surface area contributed by atoms with E-state index >= 15 is 0 Å². The zero-order valence-electron chi connectivity index (χ0n) is 16.9. The number of carbonyl (C=O) groups excluding carboxylic acids is 2. The maximum atomic E-state index is 13.5. The molecule has 2 N–H and O–H groups in total. The number of hydroxylamine groups is 2. The van der Waals surface area contributed by atoms with Crippen molar-refractivity contribution in [1.29, 1.82) is 0 Å². The Morgan fingerprint density at radius 1 is 1.24 bits per heavy atom. The Balaban J connectivity index is 1.46. The highest BCUT2D eigenvalue weighted by atomic mass is 35.5. The van der Waals surface area contributed by atoms with Crippen molar-refractivity contribution in [3.8, 4) is 5.69 Å². The van der Waals surface area contributed by atoms with Crippen LogP contribution in [0.2, 0.25) is 5.02 Å². The minimum Gasteiger partial charge on any atom is -0.378 e. The molecule has 1 aliphatic heterocycles. The number of tetrazole rings is 1. The summed E-state index contributed by atoms with van der Waals surface area (Å²) in [5.41, 5.74) is 0.899. The Bertz CT molecular complexity index is 1160. The molecule has 0 saturated carbocycles. The van der Waals surface area contributed by atoms with E-state index in [4.69, 9.17) is 16.4 Å². The van der Waals surface area contributed by atoms with Crippen molar-refractivity contribution in [2.24, 2.45) is 0 Å². The van der Waals surface area contributed by atoms with Gasteiger partial charge in [-0.2, -0.15) is 0 Å². The van der Waals surface area contributed by atoms with Gasteiger partial charge in [-0.05, 0) is 51.9 Å². The molecule has 33 heavy (non-hydrogen) atoms. The molecule has 1 aromatic heterocycles. The van der Waals surface area contributed by atoms with Crippen LogP contribution in [-0.4, -0.2) is 54.8 Å². The average molecular weight is 479 g/mol. The van der Waals surface area contributed by atoms with Gasteiger partial charge in [0, 0.05) is 24.1 Å². The normalized spacial score (nSPS) is 16.6. The van der Waals surface area contributed by atoms with E-state index in [-0.39, 0.29) is 25.1 Å². The van der Waals surface area contributed by atoms with E-state index in [1.165, 1.54) is 11.0 Å². The van der Waals surface area contributed by atoms with Crippen LogP contribution < -0.4 is 5.32 Å². The zero-order chi connectivity index (χ0) is 23.5. The Labute approximate surface area is 190 Å². The van der Waals surface area contributed by atoms with Gasteiger partial charge >= 0.3 is 0 Å². The van der Waals surface area contributed by atoms with Gasteiger partial charge in [0.15, 0.2) is 6.10 Å². The lowest BCUT2D eigenvalue weighted by Gasteiger charge is -2.24. The number of benzene rings is 2. The van der Waals surface area contributed by atoms with Gasteiger partial charge in [-0.3, -0.25) is 14.4 Å². The summed E-state index contributed by atoms with van der Waals surface area (Å²) < 4.78 is 28.3. The number of hydrogen-bond acceptors (Lipinski definition) is 7. The number of hydrogen-bond donors (Lipinski definition) is 2. The van der Waals surface area contributed by atoms with Crippen molar-refractivity contribution < 1.29 is 28.3 Å². The van der Waals surface area contributed by atoms with Crippen LogP contribution >= 0.6 is 11.6 Å². The van der Waals surface area contributed by atoms with Crippen molar-refractivity contribution in [2.45, 2.75) is 25.1 Å². The zero-order valence-corrected chi connectivity index (χ0v) is 17.6. The van der Waals surface area contributed by atoms with Crippen molar-refractivity contribution in [3.63, 3.8) is 0 Å². The number of aliphatic hydroxyl groups is 1. The van der Waals surface area contributed by atoms with Crippen LogP contribution in [0.1, 0.15) is 23.7 Å². The standard InChI is InChI=1S/C20H17ClF2N6O4/c21-13-1-2-16(28-10-25-26-27-28)12(5-13)9-24-19(31)17-3-4-33-29(17)20(32)18(30)11-6-14(22)8-15(23)7-11/h1-2,5-8,10,17-18,30H,3-4,9H2,(H,24,31). The van der Waals surface area contributed by atoms with Crippen LogP contribution in [0.15, 0.2) is 42.7 Å². The molecule has 2 heterocycles. The Hall–Kier alpha value is -3.48. The van der Waals surface area contributed by atoms with Gasteiger partial charge in [-0.25, -0.2) is 18.5 Å². The molecule has 13 heteroatoms. The van der Waals surface area contributed by atoms with E-state index in [0.717, 1.165) is 17.2 Å². The lowest BCUT2D eigenvalue weighted by atomic mass is 10.1. The molecule has 0 spiro atoms. The number of amides is 2. The van der Waals surface area contributed by atoms with Crippen molar-refractivity contribution in [2.75, 3.05) is 6.61 Å². The van der Waals surface area contributed by atoms with Crippen LogP contribution in [0.4, 0.5) is 8.78 Å². The summed E-state index contributed by atoms with van der Waals surface area (Å²) >= 11 is 6.07. The molecule has 0 radical (unpaired) electrons. The molecular formula is C20H17ClF2N6O4. The Morgan fingerprint density at radius 3 is 2.70 bits per heavy atom. The summed E-state index contributed by atoms with van der Waals surface area (Å²) in [6, 6.07) is 6.18. The lowest BCUT2D eigenvalue weighted by Crippen LogP contribution is -2.46. The monoisotopic (exact) mass is 478 g/mol. The summed E-state index contributed by atoms with van der Waals surface area (Å²) in [6.07, 6.45) is -0.365. The number of halogens is 3. The summed E-state index contributed by atoms with van der Waals surface area (Å²) in [6.45, 7) is 0.0753. The fourth-order valence-electron chi connectivity index (χ4n) is 3.41. The maximum absolute atomic E-state index is 13.5. The first-order valence-electron chi connectivity index (χ1n) is 9.73. The molecule has 4 rings (SSSR count). The SMILES string of the molecule is O=C(NCc1cc(Cl)ccc1-n1cnnn1)C1CCON1C(=O)C(O)c1cc(F)cc(F)c1. The van der Waals surface area contributed by atoms with Crippen LogP contribution in [0.25, 0.3) is 5.69 Å². The third kappa shape index (κ3) is 4.97. The minimum atomic E-state index is -1.91. The summed E-state index contributed by atoms with van der Waals surface area (Å²) in [7, 11) is 0. The molecule has 1 fully saturated rings.